The van der Waals surface area contributed by atoms with Gasteiger partial charge in [-0.25, -0.2) is 4.99 Å². The molecule has 2 rings (SSSR count). The van der Waals surface area contributed by atoms with Crippen molar-refractivity contribution in [1.29, 1.82) is 0 Å². The van der Waals surface area contributed by atoms with E-state index in [1.807, 2.05) is 0 Å². The summed E-state index contributed by atoms with van der Waals surface area (Å²) in [4.78, 5) is 8.55. The van der Waals surface area contributed by atoms with Gasteiger partial charge in [-0.3, -0.25) is 0 Å². The number of guanidine groups is 1. The third kappa shape index (κ3) is 8.05. The molecule has 0 aliphatic carbocycles. The fourth-order valence-electron chi connectivity index (χ4n) is 3.23. The molecule has 0 radical (unpaired) electrons. The van der Waals surface area contributed by atoms with Crippen molar-refractivity contribution >= 4 is 41.7 Å². The van der Waals surface area contributed by atoms with Crippen molar-refractivity contribution < 1.29 is 0 Å². The van der Waals surface area contributed by atoms with Gasteiger partial charge >= 0.3 is 0 Å². The average molecular weight is 490 g/mol. The van der Waals surface area contributed by atoms with Gasteiger partial charge in [0, 0.05) is 18.0 Å². The number of aliphatic imine (C=N–C) groups is 1. The quantitative estimate of drug-likeness (QED) is 0.261. The van der Waals surface area contributed by atoms with Crippen LogP contribution in [-0.4, -0.2) is 50.3 Å². The minimum absolute atomic E-state index is 0. The van der Waals surface area contributed by atoms with Crippen molar-refractivity contribution in [2.75, 3.05) is 39.5 Å². The Balaban J connectivity index is 0.00000338. The first kappa shape index (κ1) is 23.6. The summed E-state index contributed by atoms with van der Waals surface area (Å²) in [6, 6.07) is 6.62. The zero-order chi connectivity index (χ0) is 18.1. The lowest BCUT2D eigenvalue weighted by molar-refractivity contribution is 0.213. The molecule has 1 saturated heterocycles. The molecular formula is C20H35IN4S. The maximum atomic E-state index is 4.79. The minimum atomic E-state index is 0. The number of hydrogen-bond donors (Lipinski definition) is 2. The molecular weight excluding hydrogens is 455 g/mol. The van der Waals surface area contributed by atoms with Crippen molar-refractivity contribution in [2.24, 2.45) is 10.9 Å². The number of likely N-dealkylation sites (tertiary alicyclic amines) is 1. The number of halogens is 1. The van der Waals surface area contributed by atoms with Crippen LogP contribution >= 0.6 is 35.7 Å². The van der Waals surface area contributed by atoms with Crippen LogP contribution in [0.4, 0.5) is 0 Å². The molecule has 1 aliphatic rings. The molecule has 0 atom stereocenters. The largest absolute Gasteiger partial charge is 0.357 e. The summed E-state index contributed by atoms with van der Waals surface area (Å²) in [5.41, 5.74) is 2.60. The Morgan fingerprint density at radius 2 is 2.00 bits per heavy atom. The lowest BCUT2D eigenvalue weighted by Crippen LogP contribution is -2.39. The number of nitrogens with one attached hydrogen (secondary N) is 2. The molecule has 0 unspecified atom stereocenters. The summed E-state index contributed by atoms with van der Waals surface area (Å²) in [7, 11) is 2.22. The summed E-state index contributed by atoms with van der Waals surface area (Å²) in [6.07, 6.45) is 6.02. The van der Waals surface area contributed by atoms with Gasteiger partial charge in [0.25, 0.3) is 0 Å². The number of aryl methyl sites for hydroxylation is 1. The molecule has 148 valence electrons. The van der Waals surface area contributed by atoms with E-state index in [1.165, 1.54) is 48.4 Å². The highest BCUT2D eigenvalue weighted by molar-refractivity contribution is 14.0. The molecule has 1 aromatic rings. The predicted molar refractivity (Wildman–Crippen MR) is 126 cm³/mol. The van der Waals surface area contributed by atoms with Crippen LogP contribution in [0.15, 0.2) is 28.1 Å². The summed E-state index contributed by atoms with van der Waals surface area (Å²) in [6.45, 7) is 9.36. The Kier molecular flexibility index (Phi) is 11.6. The third-order valence-electron chi connectivity index (χ3n) is 4.88. The molecule has 1 aliphatic heterocycles. The van der Waals surface area contributed by atoms with E-state index < -0.39 is 0 Å². The van der Waals surface area contributed by atoms with Gasteiger partial charge in [-0.2, -0.15) is 0 Å². The molecule has 0 bridgehead atoms. The van der Waals surface area contributed by atoms with Gasteiger partial charge in [0.05, 0.1) is 6.54 Å². The van der Waals surface area contributed by atoms with Gasteiger partial charge in [0.2, 0.25) is 0 Å². The Bertz CT molecular complexity index is 557. The molecule has 1 fully saturated rings. The third-order valence-corrected chi connectivity index (χ3v) is 5.70. The first-order valence-electron chi connectivity index (χ1n) is 9.46. The fraction of sp³-hybridized carbons (Fsp3) is 0.650. The standard InChI is InChI=1S/C20H34N4S.HI/c1-5-21-20(22-11-8-17-9-12-24(3)13-10-17)23-15-18-7-6-16(2)14-19(18)25-4;/h6-7,14,17H,5,8-13,15H2,1-4H3,(H2,21,22,23);1H. The van der Waals surface area contributed by atoms with Crippen LogP contribution < -0.4 is 10.6 Å². The maximum Gasteiger partial charge on any atom is 0.191 e. The minimum Gasteiger partial charge on any atom is -0.357 e. The Morgan fingerprint density at radius 3 is 2.65 bits per heavy atom. The highest BCUT2D eigenvalue weighted by Gasteiger charge is 2.16. The lowest BCUT2D eigenvalue weighted by atomic mass is 9.94. The van der Waals surface area contributed by atoms with Crippen LogP contribution in [-0.2, 0) is 6.54 Å². The Hall–Kier alpha value is -0.470. The summed E-state index contributed by atoms with van der Waals surface area (Å²) < 4.78 is 0. The van der Waals surface area contributed by atoms with Crippen LogP contribution in [0.3, 0.4) is 0 Å². The van der Waals surface area contributed by atoms with Gasteiger partial charge in [0.1, 0.15) is 0 Å². The van der Waals surface area contributed by atoms with Gasteiger partial charge < -0.3 is 15.5 Å². The molecule has 2 N–H and O–H groups in total. The van der Waals surface area contributed by atoms with Crippen LogP contribution in [0.5, 0.6) is 0 Å². The molecule has 0 amide bonds. The Morgan fingerprint density at radius 1 is 1.27 bits per heavy atom. The van der Waals surface area contributed by atoms with Crippen molar-refractivity contribution in [3.8, 4) is 0 Å². The highest BCUT2D eigenvalue weighted by Crippen LogP contribution is 2.22. The number of hydrogen-bond acceptors (Lipinski definition) is 3. The van der Waals surface area contributed by atoms with Gasteiger partial charge in [-0.15, -0.1) is 35.7 Å². The molecule has 0 saturated carbocycles. The van der Waals surface area contributed by atoms with Crippen LogP contribution in [0, 0.1) is 12.8 Å². The molecule has 1 aromatic carbocycles. The molecule has 1 heterocycles. The molecule has 0 spiro atoms. The van der Waals surface area contributed by atoms with E-state index in [1.54, 1.807) is 11.8 Å². The summed E-state index contributed by atoms with van der Waals surface area (Å²) in [5.74, 6) is 1.79. The topological polar surface area (TPSA) is 39.7 Å². The first-order chi connectivity index (χ1) is 12.1. The van der Waals surface area contributed by atoms with Gasteiger partial charge in [-0.1, -0.05) is 12.1 Å². The van der Waals surface area contributed by atoms with Gasteiger partial charge in [0.15, 0.2) is 5.96 Å². The summed E-state index contributed by atoms with van der Waals surface area (Å²) >= 11 is 1.80. The molecule has 4 nitrogen and oxygen atoms in total. The number of piperidine rings is 1. The maximum absolute atomic E-state index is 4.79. The monoisotopic (exact) mass is 490 g/mol. The van der Waals surface area contributed by atoms with Crippen LogP contribution in [0.2, 0.25) is 0 Å². The average Bonchev–Trinajstić information content (AvgIpc) is 2.62. The lowest BCUT2D eigenvalue weighted by Gasteiger charge is -2.29. The number of rotatable bonds is 7. The van der Waals surface area contributed by atoms with E-state index in [2.05, 4.69) is 60.9 Å². The number of benzene rings is 1. The van der Waals surface area contributed by atoms with E-state index in [4.69, 9.17) is 4.99 Å². The van der Waals surface area contributed by atoms with Crippen LogP contribution in [0.1, 0.15) is 37.3 Å². The fourth-order valence-corrected chi connectivity index (χ4v) is 3.93. The van der Waals surface area contributed by atoms with Crippen LogP contribution in [0.25, 0.3) is 0 Å². The van der Waals surface area contributed by atoms with E-state index in [0.29, 0.717) is 0 Å². The van der Waals surface area contributed by atoms with E-state index >= 15 is 0 Å². The van der Waals surface area contributed by atoms with Crippen molar-refractivity contribution in [2.45, 2.75) is 44.6 Å². The normalized spacial score (nSPS) is 16.2. The molecule has 0 aromatic heterocycles. The van der Waals surface area contributed by atoms with E-state index in [-0.39, 0.29) is 24.0 Å². The zero-order valence-corrected chi connectivity index (χ0v) is 19.8. The smallest absolute Gasteiger partial charge is 0.191 e. The molecule has 26 heavy (non-hydrogen) atoms. The SMILES string of the molecule is CCNC(=NCc1ccc(C)cc1SC)NCCC1CCN(C)CC1.I. The second-order valence-electron chi connectivity index (χ2n) is 6.97. The molecule has 6 heteroatoms. The summed E-state index contributed by atoms with van der Waals surface area (Å²) in [5, 5.41) is 6.89. The van der Waals surface area contributed by atoms with E-state index in [9.17, 15) is 0 Å². The zero-order valence-electron chi connectivity index (χ0n) is 16.7. The van der Waals surface area contributed by atoms with Crippen molar-refractivity contribution in [3.63, 3.8) is 0 Å². The van der Waals surface area contributed by atoms with Gasteiger partial charge in [-0.05, 0) is 82.6 Å². The highest BCUT2D eigenvalue weighted by atomic mass is 127. The number of nitrogens with zero attached hydrogens (tertiary/aromatic N) is 2. The predicted octanol–water partition coefficient (Wildman–Crippen LogP) is 4.12. The second-order valence-corrected chi connectivity index (χ2v) is 7.82. The van der Waals surface area contributed by atoms with Crippen molar-refractivity contribution in [1.82, 2.24) is 15.5 Å². The Labute approximate surface area is 181 Å². The second kappa shape index (κ2) is 12.8. The first-order valence-corrected chi connectivity index (χ1v) is 10.7. The van der Waals surface area contributed by atoms with Crippen molar-refractivity contribution in [3.05, 3.63) is 29.3 Å². The van der Waals surface area contributed by atoms with E-state index in [0.717, 1.165) is 31.5 Å². The number of thioether (sulfide) groups is 1.